The Hall–Kier alpha value is -2.20. The fourth-order valence-corrected chi connectivity index (χ4v) is 6.06. The van der Waals surface area contributed by atoms with Crippen molar-refractivity contribution < 1.29 is 22.3 Å². The molecule has 1 aromatic carbocycles. The highest BCUT2D eigenvalue weighted by Crippen LogP contribution is 2.45. The standard InChI is InChI=1S/C24H29BF4N4O/c25-23(10-17-13-33(14-18(17)11-23)12-15-4-6-34-7-5-15)30-22-20(24(27,28)29)9-21(31-32-22)16-2-1-3-19(26)8-16/h1-3,8-9,15,17-18H,4-7,10-14,25H2,(H,30,32)/t17-,18+,23+. The first-order valence-electron chi connectivity index (χ1n) is 12.0. The van der Waals surface area contributed by atoms with Gasteiger partial charge in [-0.2, -0.15) is 13.2 Å². The summed E-state index contributed by atoms with van der Waals surface area (Å²) < 4.78 is 60.8. The van der Waals surface area contributed by atoms with Crippen LogP contribution in [0.2, 0.25) is 0 Å². The molecule has 0 amide bonds. The lowest BCUT2D eigenvalue weighted by Gasteiger charge is -2.31. The number of fused-ring (bicyclic) bond motifs is 1. The number of aromatic nitrogens is 2. The lowest BCUT2D eigenvalue weighted by atomic mass is 9.75. The van der Waals surface area contributed by atoms with Crippen molar-refractivity contribution in [1.82, 2.24) is 15.1 Å². The molecule has 1 aliphatic carbocycles. The van der Waals surface area contributed by atoms with Gasteiger partial charge in [-0.15, -0.1) is 10.2 Å². The molecule has 182 valence electrons. The van der Waals surface area contributed by atoms with Gasteiger partial charge >= 0.3 is 6.18 Å². The maximum Gasteiger partial charge on any atom is 0.420 e. The van der Waals surface area contributed by atoms with Gasteiger partial charge in [-0.3, -0.25) is 0 Å². The summed E-state index contributed by atoms with van der Waals surface area (Å²) in [5, 5.41) is 11.0. The topological polar surface area (TPSA) is 50.3 Å². The van der Waals surface area contributed by atoms with Gasteiger partial charge in [-0.05, 0) is 61.6 Å². The van der Waals surface area contributed by atoms with Crippen LogP contribution in [-0.2, 0) is 10.9 Å². The van der Waals surface area contributed by atoms with Crippen molar-refractivity contribution in [2.24, 2.45) is 17.8 Å². The molecule has 2 aromatic rings. The molecule has 0 unspecified atom stereocenters. The molecule has 2 saturated heterocycles. The molecule has 0 radical (unpaired) electrons. The molecular formula is C24H29BF4N4O. The number of likely N-dealkylation sites (tertiary alicyclic amines) is 1. The normalized spacial score (nSPS) is 28.2. The maximum atomic E-state index is 13.9. The zero-order valence-electron chi connectivity index (χ0n) is 19.2. The van der Waals surface area contributed by atoms with Gasteiger partial charge in [-0.1, -0.05) is 12.1 Å². The van der Waals surface area contributed by atoms with E-state index in [-0.39, 0.29) is 17.1 Å². The SMILES string of the molecule is B[C@@]1(Nc2nnc(-c3cccc(F)c3)cc2C(F)(F)F)C[C@H]2CN(CC3CCOCC3)C[C@H]2C1. The third kappa shape index (κ3) is 5.08. The van der Waals surface area contributed by atoms with Gasteiger partial charge in [0.15, 0.2) is 5.82 Å². The highest BCUT2D eigenvalue weighted by atomic mass is 19.4. The Morgan fingerprint density at radius 2 is 1.79 bits per heavy atom. The van der Waals surface area contributed by atoms with E-state index in [1.165, 1.54) is 18.2 Å². The van der Waals surface area contributed by atoms with Crippen LogP contribution in [0, 0.1) is 23.6 Å². The number of alkyl halides is 3. The van der Waals surface area contributed by atoms with Gasteiger partial charge in [0.25, 0.3) is 0 Å². The molecule has 2 aliphatic heterocycles. The predicted molar refractivity (Wildman–Crippen MR) is 124 cm³/mol. The second-order valence-corrected chi connectivity index (χ2v) is 10.4. The smallest absolute Gasteiger partial charge is 0.381 e. The quantitative estimate of drug-likeness (QED) is 0.526. The minimum atomic E-state index is -4.61. The molecule has 10 heteroatoms. The first-order valence-corrected chi connectivity index (χ1v) is 12.0. The zero-order chi connectivity index (χ0) is 23.9. The number of benzene rings is 1. The first kappa shape index (κ1) is 23.5. The number of nitrogens with one attached hydrogen (secondary N) is 1. The van der Waals surface area contributed by atoms with Crippen LogP contribution in [0.25, 0.3) is 11.3 Å². The molecule has 3 atom stereocenters. The second-order valence-electron chi connectivity index (χ2n) is 10.4. The van der Waals surface area contributed by atoms with Crippen LogP contribution in [0.5, 0.6) is 0 Å². The zero-order valence-corrected chi connectivity index (χ0v) is 19.2. The van der Waals surface area contributed by atoms with Crippen LogP contribution in [0.15, 0.2) is 30.3 Å². The second kappa shape index (κ2) is 9.11. The molecule has 5 nitrogen and oxygen atoms in total. The van der Waals surface area contributed by atoms with E-state index in [0.717, 1.165) is 70.7 Å². The van der Waals surface area contributed by atoms with Crippen LogP contribution in [0.3, 0.4) is 0 Å². The van der Waals surface area contributed by atoms with E-state index < -0.39 is 23.0 Å². The van der Waals surface area contributed by atoms with Crippen LogP contribution < -0.4 is 5.32 Å². The first-order chi connectivity index (χ1) is 16.2. The molecule has 1 aromatic heterocycles. The molecule has 34 heavy (non-hydrogen) atoms. The lowest BCUT2D eigenvalue weighted by molar-refractivity contribution is -0.137. The summed E-state index contributed by atoms with van der Waals surface area (Å²) in [5.74, 6) is 0.816. The summed E-state index contributed by atoms with van der Waals surface area (Å²) in [5.41, 5.74) is -1.10. The van der Waals surface area contributed by atoms with Gasteiger partial charge in [0.2, 0.25) is 0 Å². The Labute approximate surface area is 197 Å². The molecule has 5 rings (SSSR count). The molecular weight excluding hydrogens is 447 g/mol. The van der Waals surface area contributed by atoms with Gasteiger partial charge in [0, 0.05) is 43.8 Å². The summed E-state index contributed by atoms with van der Waals surface area (Å²) in [7, 11) is 1.98. The van der Waals surface area contributed by atoms with E-state index in [1.54, 1.807) is 0 Å². The highest BCUT2D eigenvalue weighted by molar-refractivity contribution is 6.17. The minimum absolute atomic E-state index is 0.00502. The maximum absolute atomic E-state index is 13.9. The summed E-state index contributed by atoms with van der Waals surface area (Å²) in [6.45, 7) is 4.76. The highest BCUT2D eigenvalue weighted by Gasteiger charge is 2.48. The van der Waals surface area contributed by atoms with Crippen molar-refractivity contribution in [1.29, 1.82) is 0 Å². The number of ether oxygens (including phenoxy) is 1. The Kier molecular flexibility index (Phi) is 6.31. The molecule has 3 aliphatic rings. The minimum Gasteiger partial charge on any atom is -0.381 e. The van der Waals surface area contributed by atoms with Crippen molar-refractivity contribution in [3.05, 3.63) is 41.7 Å². The molecule has 1 saturated carbocycles. The third-order valence-corrected chi connectivity index (χ3v) is 7.57. The Balaban J connectivity index is 1.29. The number of rotatable bonds is 5. The van der Waals surface area contributed by atoms with E-state index in [0.29, 0.717) is 17.8 Å². The van der Waals surface area contributed by atoms with Crippen LogP contribution in [0.1, 0.15) is 31.2 Å². The Bertz CT molecular complexity index is 1020. The van der Waals surface area contributed by atoms with Gasteiger partial charge in [0.05, 0.1) is 5.69 Å². The van der Waals surface area contributed by atoms with E-state index in [9.17, 15) is 17.6 Å². The Morgan fingerprint density at radius 1 is 1.09 bits per heavy atom. The van der Waals surface area contributed by atoms with Crippen LogP contribution in [0.4, 0.5) is 23.4 Å². The number of hydrogen-bond donors (Lipinski definition) is 1. The summed E-state index contributed by atoms with van der Waals surface area (Å²) in [6, 6.07) is 6.31. The fourth-order valence-electron chi connectivity index (χ4n) is 6.06. The van der Waals surface area contributed by atoms with Gasteiger partial charge in [0.1, 0.15) is 19.2 Å². The fraction of sp³-hybridized carbons (Fsp3) is 0.583. The van der Waals surface area contributed by atoms with Crippen molar-refractivity contribution in [2.75, 3.05) is 38.2 Å². The number of anilines is 1. The molecule has 0 bridgehead atoms. The van der Waals surface area contributed by atoms with E-state index in [2.05, 4.69) is 20.4 Å². The number of hydrogen-bond acceptors (Lipinski definition) is 5. The molecule has 0 spiro atoms. The number of halogens is 4. The summed E-state index contributed by atoms with van der Waals surface area (Å²) in [6.07, 6.45) is -0.796. The third-order valence-electron chi connectivity index (χ3n) is 7.57. The van der Waals surface area contributed by atoms with Crippen LogP contribution >= 0.6 is 0 Å². The van der Waals surface area contributed by atoms with E-state index >= 15 is 0 Å². The van der Waals surface area contributed by atoms with E-state index in [1.807, 2.05) is 7.85 Å². The number of nitrogens with zero attached hydrogens (tertiary/aromatic N) is 3. The predicted octanol–water partition coefficient (Wildman–Crippen LogP) is 3.81. The van der Waals surface area contributed by atoms with Crippen molar-refractivity contribution in [3.8, 4) is 11.3 Å². The van der Waals surface area contributed by atoms with Crippen molar-refractivity contribution >= 4 is 13.7 Å². The summed E-state index contributed by atoms with van der Waals surface area (Å²) >= 11 is 0. The summed E-state index contributed by atoms with van der Waals surface area (Å²) in [4.78, 5) is 2.53. The monoisotopic (exact) mass is 476 g/mol. The lowest BCUT2D eigenvalue weighted by Crippen LogP contribution is -2.40. The average Bonchev–Trinajstić information content (AvgIpc) is 3.27. The average molecular weight is 476 g/mol. The largest absolute Gasteiger partial charge is 0.420 e. The van der Waals surface area contributed by atoms with Gasteiger partial charge < -0.3 is 15.0 Å². The molecule has 3 fully saturated rings. The van der Waals surface area contributed by atoms with Crippen LogP contribution in [-0.4, -0.2) is 61.2 Å². The molecule has 1 N–H and O–H groups in total. The van der Waals surface area contributed by atoms with E-state index in [4.69, 9.17) is 4.74 Å². The van der Waals surface area contributed by atoms with Gasteiger partial charge in [-0.25, -0.2) is 4.39 Å². The van der Waals surface area contributed by atoms with Crippen molar-refractivity contribution in [2.45, 2.75) is 37.3 Å². The molecule has 3 heterocycles. The van der Waals surface area contributed by atoms with Crippen molar-refractivity contribution in [3.63, 3.8) is 0 Å². The Morgan fingerprint density at radius 3 is 2.44 bits per heavy atom.